The normalized spacial score (nSPS) is 34.5. The smallest absolute Gasteiger partial charge is 0.309 e. The summed E-state index contributed by atoms with van der Waals surface area (Å²) in [5.41, 5.74) is 0. The highest BCUT2D eigenvalue weighted by molar-refractivity contribution is 7.91. The van der Waals surface area contributed by atoms with Gasteiger partial charge in [0, 0.05) is 19.6 Å². The number of hydrogen-bond acceptors (Lipinski definition) is 5. The standard InChI is InChI=1S/C17H29NO4S/c19-17(16-7-3-5-14-4-1-2-6-15(14)16)22-11-8-18-9-12-23(20,21)13-10-18/h14-16H,1-13H2. The van der Waals surface area contributed by atoms with Gasteiger partial charge in [0.1, 0.15) is 6.61 Å². The van der Waals surface area contributed by atoms with Crippen LogP contribution in [-0.4, -0.2) is 57.0 Å². The second kappa shape index (κ2) is 7.51. The molecule has 2 saturated carbocycles. The van der Waals surface area contributed by atoms with Gasteiger partial charge in [-0.25, -0.2) is 8.42 Å². The van der Waals surface area contributed by atoms with Crippen molar-refractivity contribution in [2.75, 3.05) is 37.7 Å². The molecule has 2 aliphatic carbocycles. The highest BCUT2D eigenvalue weighted by Gasteiger charge is 2.39. The summed E-state index contributed by atoms with van der Waals surface area (Å²) in [6.45, 7) is 2.18. The number of sulfone groups is 1. The van der Waals surface area contributed by atoms with Crippen LogP contribution in [0.1, 0.15) is 44.9 Å². The number of fused-ring (bicyclic) bond motifs is 1. The van der Waals surface area contributed by atoms with E-state index in [2.05, 4.69) is 4.90 Å². The van der Waals surface area contributed by atoms with Gasteiger partial charge in [-0.15, -0.1) is 0 Å². The van der Waals surface area contributed by atoms with Gasteiger partial charge in [0.15, 0.2) is 9.84 Å². The van der Waals surface area contributed by atoms with Crippen LogP contribution in [0, 0.1) is 17.8 Å². The minimum Gasteiger partial charge on any atom is -0.464 e. The molecule has 3 unspecified atom stereocenters. The quantitative estimate of drug-likeness (QED) is 0.729. The first-order valence-electron chi connectivity index (χ1n) is 9.14. The lowest BCUT2D eigenvalue weighted by Crippen LogP contribution is -2.42. The number of esters is 1. The minimum absolute atomic E-state index is 0.00812. The molecule has 6 heteroatoms. The van der Waals surface area contributed by atoms with Crippen LogP contribution in [0.4, 0.5) is 0 Å². The van der Waals surface area contributed by atoms with Crippen molar-refractivity contribution < 1.29 is 17.9 Å². The summed E-state index contributed by atoms with van der Waals surface area (Å²) in [4.78, 5) is 14.5. The topological polar surface area (TPSA) is 63.7 Å². The van der Waals surface area contributed by atoms with Crippen LogP contribution < -0.4 is 0 Å². The highest BCUT2D eigenvalue weighted by Crippen LogP contribution is 2.44. The van der Waals surface area contributed by atoms with E-state index < -0.39 is 9.84 Å². The van der Waals surface area contributed by atoms with Gasteiger partial charge < -0.3 is 4.74 Å². The van der Waals surface area contributed by atoms with Crippen molar-refractivity contribution in [1.82, 2.24) is 4.90 Å². The van der Waals surface area contributed by atoms with Gasteiger partial charge in [-0.1, -0.05) is 32.1 Å². The lowest BCUT2D eigenvalue weighted by molar-refractivity contribution is -0.154. The van der Waals surface area contributed by atoms with Crippen molar-refractivity contribution in [1.29, 1.82) is 0 Å². The molecule has 3 rings (SSSR count). The molecule has 3 aliphatic rings. The van der Waals surface area contributed by atoms with Gasteiger partial charge in [0.25, 0.3) is 0 Å². The maximum Gasteiger partial charge on any atom is 0.309 e. The number of rotatable bonds is 4. The van der Waals surface area contributed by atoms with Crippen LogP contribution >= 0.6 is 0 Å². The van der Waals surface area contributed by atoms with E-state index in [0.29, 0.717) is 32.2 Å². The molecule has 1 heterocycles. The Morgan fingerprint density at radius 2 is 1.70 bits per heavy atom. The van der Waals surface area contributed by atoms with Gasteiger partial charge >= 0.3 is 5.97 Å². The molecule has 1 saturated heterocycles. The third-order valence-corrected chi connectivity index (χ3v) is 7.58. The predicted molar refractivity (Wildman–Crippen MR) is 88.8 cm³/mol. The third kappa shape index (κ3) is 4.47. The minimum atomic E-state index is -2.84. The maximum absolute atomic E-state index is 12.5. The third-order valence-electron chi connectivity index (χ3n) is 5.97. The Labute approximate surface area is 139 Å². The second-order valence-electron chi connectivity index (χ2n) is 7.41. The van der Waals surface area contributed by atoms with Crippen molar-refractivity contribution in [2.45, 2.75) is 44.9 Å². The van der Waals surface area contributed by atoms with E-state index in [4.69, 9.17) is 4.74 Å². The molecule has 23 heavy (non-hydrogen) atoms. The van der Waals surface area contributed by atoms with E-state index in [9.17, 15) is 13.2 Å². The summed E-state index contributed by atoms with van der Waals surface area (Å²) >= 11 is 0. The molecule has 0 radical (unpaired) electrons. The first kappa shape index (κ1) is 17.2. The molecular weight excluding hydrogens is 314 g/mol. The Bertz CT molecular complexity index is 503. The van der Waals surface area contributed by atoms with Crippen LogP contribution in [0.2, 0.25) is 0 Å². The first-order valence-corrected chi connectivity index (χ1v) is 11.0. The van der Waals surface area contributed by atoms with Crippen molar-refractivity contribution in [2.24, 2.45) is 17.8 Å². The molecule has 0 aromatic heterocycles. The Morgan fingerprint density at radius 3 is 2.48 bits per heavy atom. The Hall–Kier alpha value is -0.620. The van der Waals surface area contributed by atoms with Crippen LogP contribution in [0.3, 0.4) is 0 Å². The number of carbonyl (C=O) groups is 1. The maximum atomic E-state index is 12.5. The van der Waals surface area contributed by atoms with Crippen molar-refractivity contribution in [3.05, 3.63) is 0 Å². The van der Waals surface area contributed by atoms with Crippen LogP contribution in [-0.2, 0) is 19.4 Å². The second-order valence-corrected chi connectivity index (χ2v) is 9.71. The zero-order chi connectivity index (χ0) is 16.3. The summed E-state index contributed by atoms with van der Waals surface area (Å²) in [6, 6.07) is 0. The van der Waals surface area contributed by atoms with Gasteiger partial charge in [0.05, 0.1) is 17.4 Å². The number of hydrogen-bond donors (Lipinski definition) is 0. The Kier molecular flexibility index (Phi) is 5.62. The monoisotopic (exact) mass is 343 g/mol. The largest absolute Gasteiger partial charge is 0.464 e. The molecule has 3 atom stereocenters. The fourth-order valence-electron chi connectivity index (χ4n) is 4.59. The van der Waals surface area contributed by atoms with E-state index in [1.807, 2.05) is 0 Å². The number of nitrogens with zero attached hydrogens (tertiary/aromatic N) is 1. The van der Waals surface area contributed by atoms with Crippen LogP contribution in [0.15, 0.2) is 0 Å². The van der Waals surface area contributed by atoms with Gasteiger partial charge in [-0.2, -0.15) is 0 Å². The van der Waals surface area contributed by atoms with Crippen molar-refractivity contribution >= 4 is 15.8 Å². The summed E-state index contributed by atoms with van der Waals surface area (Å²) < 4.78 is 28.4. The van der Waals surface area contributed by atoms with Gasteiger partial charge in [-0.3, -0.25) is 9.69 Å². The van der Waals surface area contributed by atoms with Gasteiger partial charge in [0.2, 0.25) is 0 Å². The van der Waals surface area contributed by atoms with Crippen molar-refractivity contribution in [3.8, 4) is 0 Å². The summed E-state index contributed by atoms with van der Waals surface area (Å²) in [7, 11) is -2.84. The summed E-state index contributed by atoms with van der Waals surface area (Å²) in [5.74, 6) is 1.84. The SMILES string of the molecule is O=C(OCCN1CCS(=O)(=O)CC1)C1CCCC2CCCCC21. The average Bonchev–Trinajstić information content (AvgIpc) is 2.56. The number of ether oxygens (including phenoxy) is 1. The zero-order valence-corrected chi connectivity index (χ0v) is 14.7. The zero-order valence-electron chi connectivity index (χ0n) is 13.9. The molecule has 0 spiro atoms. The van der Waals surface area contributed by atoms with E-state index in [0.717, 1.165) is 18.8 Å². The molecule has 0 aromatic rings. The Morgan fingerprint density at radius 1 is 1.00 bits per heavy atom. The van der Waals surface area contributed by atoms with Crippen molar-refractivity contribution in [3.63, 3.8) is 0 Å². The molecule has 0 amide bonds. The molecule has 0 N–H and O–H groups in total. The molecule has 0 bridgehead atoms. The molecule has 132 valence electrons. The summed E-state index contributed by atoms with van der Waals surface area (Å²) in [5, 5.41) is 0. The average molecular weight is 343 g/mol. The van der Waals surface area contributed by atoms with Crippen LogP contribution in [0.5, 0.6) is 0 Å². The Balaban J connectivity index is 1.42. The number of carbonyl (C=O) groups excluding carboxylic acids is 1. The predicted octanol–water partition coefficient (Wildman–Crippen LogP) is 1.87. The van der Waals surface area contributed by atoms with Gasteiger partial charge in [-0.05, 0) is 24.7 Å². The molecule has 1 aliphatic heterocycles. The molecule has 5 nitrogen and oxygen atoms in total. The van der Waals surface area contributed by atoms with E-state index in [-0.39, 0.29) is 23.4 Å². The fraction of sp³-hybridized carbons (Fsp3) is 0.941. The lowest BCUT2D eigenvalue weighted by Gasteiger charge is -2.40. The van der Waals surface area contributed by atoms with Crippen LogP contribution in [0.25, 0.3) is 0 Å². The lowest BCUT2D eigenvalue weighted by atomic mass is 9.65. The molecular formula is C17H29NO4S. The fourth-order valence-corrected chi connectivity index (χ4v) is 5.86. The molecule has 3 fully saturated rings. The highest BCUT2D eigenvalue weighted by atomic mass is 32.2. The van der Waals surface area contributed by atoms with E-state index in [1.54, 1.807) is 0 Å². The molecule has 0 aromatic carbocycles. The van der Waals surface area contributed by atoms with E-state index >= 15 is 0 Å². The first-order chi connectivity index (χ1) is 11.1. The summed E-state index contributed by atoms with van der Waals surface area (Å²) in [6.07, 6.45) is 8.49. The van der Waals surface area contributed by atoms with E-state index in [1.165, 1.54) is 32.1 Å².